The minimum Gasteiger partial charge on any atom is -0.507 e. The average molecular weight is 305 g/mol. The fourth-order valence-corrected chi connectivity index (χ4v) is 2.47. The standard InChI is InChI=1S/C15H15NO4S/c1-2-20-15(19)12-8-10(5-6-13(12)17)16-14(18)9-11-4-3-7-21-11/h3-8,17H,2,9H2,1H3,(H,16,18). The van der Waals surface area contributed by atoms with Crippen LogP contribution < -0.4 is 5.32 Å². The Kier molecular flexibility index (Phi) is 4.94. The first-order valence-corrected chi connectivity index (χ1v) is 7.30. The van der Waals surface area contributed by atoms with E-state index in [1.54, 1.807) is 6.92 Å². The normalized spacial score (nSPS) is 10.1. The number of amides is 1. The topological polar surface area (TPSA) is 75.6 Å². The summed E-state index contributed by atoms with van der Waals surface area (Å²) in [6, 6.07) is 8.05. The van der Waals surface area contributed by atoms with Gasteiger partial charge < -0.3 is 15.2 Å². The zero-order valence-corrected chi connectivity index (χ0v) is 12.3. The Morgan fingerprint density at radius 2 is 2.14 bits per heavy atom. The van der Waals surface area contributed by atoms with Gasteiger partial charge in [-0.15, -0.1) is 11.3 Å². The second-order valence-electron chi connectivity index (χ2n) is 4.26. The van der Waals surface area contributed by atoms with E-state index in [1.165, 1.54) is 29.5 Å². The molecule has 2 aromatic rings. The second-order valence-corrected chi connectivity index (χ2v) is 5.29. The number of nitrogens with one attached hydrogen (secondary N) is 1. The Morgan fingerprint density at radius 3 is 2.81 bits per heavy atom. The highest BCUT2D eigenvalue weighted by molar-refractivity contribution is 7.10. The predicted octanol–water partition coefficient (Wildman–Crippen LogP) is 2.81. The largest absolute Gasteiger partial charge is 0.507 e. The SMILES string of the molecule is CCOC(=O)c1cc(NC(=O)Cc2cccs2)ccc1O. The zero-order chi connectivity index (χ0) is 15.2. The summed E-state index contributed by atoms with van der Waals surface area (Å²) in [5.41, 5.74) is 0.475. The van der Waals surface area contributed by atoms with Crippen LogP contribution in [0.1, 0.15) is 22.2 Å². The molecule has 21 heavy (non-hydrogen) atoms. The van der Waals surface area contributed by atoms with E-state index in [4.69, 9.17) is 4.74 Å². The highest BCUT2D eigenvalue weighted by Gasteiger charge is 2.14. The van der Waals surface area contributed by atoms with E-state index in [0.29, 0.717) is 5.69 Å². The zero-order valence-electron chi connectivity index (χ0n) is 11.5. The first kappa shape index (κ1) is 15.1. The fraction of sp³-hybridized carbons (Fsp3) is 0.200. The number of phenols is 1. The van der Waals surface area contributed by atoms with E-state index in [1.807, 2.05) is 17.5 Å². The number of anilines is 1. The van der Waals surface area contributed by atoms with Gasteiger partial charge in [-0.1, -0.05) is 6.07 Å². The van der Waals surface area contributed by atoms with Crippen molar-refractivity contribution in [3.8, 4) is 5.75 Å². The van der Waals surface area contributed by atoms with Crippen molar-refractivity contribution >= 4 is 28.9 Å². The summed E-state index contributed by atoms with van der Waals surface area (Å²) >= 11 is 1.50. The minimum absolute atomic E-state index is 0.0331. The molecule has 0 spiro atoms. The summed E-state index contributed by atoms with van der Waals surface area (Å²) in [6.45, 7) is 1.90. The number of carbonyl (C=O) groups excluding carboxylic acids is 2. The van der Waals surface area contributed by atoms with Gasteiger partial charge in [-0.25, -0.2) is 4.79 Å². The van der Waals surface area contributed by atoms with Crippen molar-refractivity contribution in [3.63, 3.8) is 0 Å². The van der Waals surface area contributed by atoms with E-state index in [0.717, 1.165) is 4.88 Å². The van der Waals surface area contributed by atoms with Crippen LogP contribution in [0, 0.1) is 0 Å². The molecule has 0 fully saturated rings. The van der Waals surface area contributed by atoms with E-state index < -0.39 is 5.97 Å². The van der Waals surface area contributed by atoms with Crippen molar-refractivity contribution in [2.75, 3.05) is 11.9 Å². The van der Waals surface area contributed by atoms with E-state index in [2.05, 4.69) is 5.32 Å². The molecule has 5 nitrogen and oxygen atoms in total. The maximum Gasteiger partial charge on any atom is 0.341 e. The number of phenolic OH excluding ortho intramolecular Hbond substituents is 1. The highest BCUT2D eigenvalue weighted by atomic mass is 32.1. The molecule has 2 N–H and O–H groups in total. The molecule has 110 valence electrons. The molecule has 1 aromatic carbocycles. The van der Waals surface area contributed by atoms with Gasteiger partial charge in [0.05, 0.1) is 13.0 Å². The first-order chi connectivity index (χ1) is 10.1. The van der Waals surface area contributed by atoms with Gasteiger partial charge in [0.2, 0.25) is 5.91 Å². The lowest BCUT2D eigenvalue weighted by molar-refractivity contribution is -0.115. The number of thiophene rings is 1. The molecule has 0 aliphatic heterocycles. The van der Waals surface area contributed by atoms with Crippen LogP contribution in [-0.4, -0.2) is 23.6 Å². The maximum absolute atomic E-state index is 11.9. The Bertz CT molecular complexity index is 637. The van der Waals surface area contributed by atoms with Crippen LogP contribution in [0.3, 0.4) is 0 Å². The monoisotopic (exact) mass is 305 g/mol. The molecule has 0 saturated carbocycles. The molecule has 2 rings (SSSR count). The third-order valence-corrected chi connectivity index (χ3v) is 3.57. The summed E-state index contributed by atoms with van der Waals surface area (Å²) < 4.78 is 4.84. The van der Waals surface area contributed by atoms with Crippen LogP contribution >= 0.6 is 11.3 Å². The van der Waals surface area contributed by atoms with Gasteiger partial charge in [-0.05, 0) is 36.6 Å². The summed E-state index contributed by atoms with van der Waals surface area (Å²) in [4.78, 5) is 24.5. The molecular weight excluding hydrogens is 290 g/mol. The number of hydrogen-bond donors (Lipinski definition) is 2. The van der Waals surface area contributed by atoms with E-state index >= 15 is 0 Å². The third kappa shape index (κ3) is 4.06. The number of rotatable bonds is 5. The summed E-state index contributed by atoms with van der Waals surface area (Å²) in [5, 5.41) is 14.3. The lowest BCUT2D eigenvalue weighted by atomic mass is 10.1. The maximum atomic E-state index is 11.9. The molecule has 0 bridgehead atoms. The van der Waals surface area contributed by atoms with Crippen LogP contribution in [0.4, 0.5) is 5.69 Å². The molecule has 1 aromatic heterocycles. The molecule has 0 saturated heterocycles. The van der Waals surface area contributed by atoms with Crippen LogP contribution in [0.15, 0.2) is 35.7 Å². The van der Waals surface area contributed by atoms with Gasteiger partial charge in [-0.3, -0.25) is 4.79 Å². The van der Waals surface area contributed by atoms with Crippen LogP contribution in [0.2, 0.25) is 0 Å². The molecule has 1 amide bonds. The number of esters is 1. The van der Waals surface area contributed by atoms with Crippen molar-refractivity contribution in [1.82, 2.24) is 0 Å². The van der Waals surface area contributed by atoms with Crippen molar-refractivity contribution in [3.05, 3.63) is 46.2 Å². The Morgan fingerprint density at radius 1 is 1.33 bits per heavy atom. The number of ether oxygens (including phenoxy) is 1. The molecule has 0 radical (unpaired) electrons. The van der Waals surface area contributed by atoms with Crippen molar-refractivity contribution in [2.45, 2.75) is 13.3 Å². The molecule has 0 aliphatic rings. The first-order valence-electron chi connectivity index (χ1n) is 6.42. The molecule has 0 atom stereocenters. The lowest BCUT2D eigenvalue weighted by Crippen LogP contribution is -2.14. The number of aromatic hydroxyl groups is 1. The lowest BCUT2D eigenvalue weighted by Gasteiger charge is -2.08. The smallest absolute Gasteiger partial charge is 0.341 e. The van der Waals surface area contributed by atoms with Crippen molar-refractivity contribution in [1.29, 1.82) is 0 Å². The molecule has 0 unspecified atom stereocenters. The van der Waals surface area contributed by atoms with E-state index in [-0.39, 0.29) is 30.2 Å². The van der Waals surface area contributed by atoms with Gasteiger partial charge >= 0.3 is 5.97 Å². The van der Waals surface area contributed by atoms with Gasteiger partial charge in [0, 0.05) is 10.6 Å². The fourth-order valence-electron chi connectivity index (χ4n) is 1.76. The van der Waals surface area contributed by atoms with Crippen LogP contribution in [0.5, 0.6) is 5.75 Å². The predicted molar refractivity (Wildman–Crippen MR) is 80.7 cm³/mol. The summed E-state index contributed by atoms with van der Waals surface area (Å²) in [7, 11) is 0. The third-order valence-electron chi connectivity index (χ3n) is 2.69. The highest BCUT2D eigenvalue weighted by Crippen LogP contribution is 2.22. The molecular formula is C15H15NO4S. The average Bonchev–Trinajstić information content (AvgIpc) is 2.94. The van der Waals surface area contributed by atoms with Gasteiger partial charge in [-0.2, -0.15) is 0 Å². The Balaban J connectivity index is 2.08. The second kappa shape index (κ2) is 6.90. The van der Waals surface area contributed by atoms with Gasteiger partial charge in [0.25, 0.3) is 0 Å². The number of hydrogen-bond acceptors (Lipinski definition) is 5. The number of benzene rings is 1. The van der Waals surface area contributed by atoms with Crippen LogP contribution in [-0.2, 0) is 16.0 Å². The molecule has 0 aliphatic carbocycles. The summed E-state index contributed by atoms with van der Waals surface area (Å²) in [5.74, 6) is -0.980. The number of carbonyl (C=O) groups is 2. The van der Waals surface area contributed by atoms with Gasteiger partial charge in [0.1, 0.15) is 11.3 Å². The Hall–Kier alpha value is -2.34. The van der Waals surface area contributed by atoms with Crippen molar-refractivity contribution in [2.24, 2.45) is 0 Å². The molecule has 1 heterocycles. The minimum atomic E-state index is -0.621. The summed E-state index contributed by atoms with van der Waals surface area (Å²) in [6.07, 6.45) is 0.271. The van der Waals surface area contributed by atoms with Crippen molar-refractivity contribution < 1.29 is 19.4 Å². The van der Waals surface area contributed by atoms with Gasteiger partial charge in [0.15, 0.2) is 0 Å². The Labute approximate surface area is 126 Å². The molecule has 6 heteroatoms. The van der Waals surface area contributed by atoms with E-state index in [9.17, 15) is 14.7 Å². The quantitative estimate of drug-likeness (QED) is 0.658. The van der Waals surface area contributed by atoms with Crippen LogP contribution in [0.25, 0.3) is 0 Å².